The van der Waals surface area contributed by atoms with Crippen LogP contribution in [0.5, 0.6) is 0 Å². The standard InChI is InChI=1S/C18H19N3O4/c1-4-7-21-11(3)16(10(2)20-21)17(22)19-13-5-6-14-12(8-13)9-15(25-14)18(23)24/h5-6,8-9H,4,7H2,1-3H3,(H,19,22)(H,23,24). The van der Waals surface area contributed by atoms with Crippen molar-refractivity contribution < 1.29 is 19.1 Å². The highest BCUT2D eigenvalue weighted by Crippen LogP contribution is 2.24. The van der Waals surface area contributed by atoms with Gasteiger partial charge in [0.2, 0.25) is 5.76 Å². The summed E-state index contributed by atoms with van der Waals surface area (Å²) >= 11 is 0. The Balaban J connectivity index is 1.88. The number of aromatic carboxylic acids is 1. The largest absolute Gasteiger partial charge is 0.475 e. The summed E-state index contributed by atoms with van der Waals surface area (Å²) in [4.78, 5) is 23.6. The number of hydrogen-bond donors (Lipinski definition) is 2. The van der Waals surface area contributed by atoms with Crippen molar-refractivity contribution in [3.05, 3.63) is 47.0 Å². The number of fused-ring (bicyclic) bond motifs is 1. The summed E-state index contributed by atoms with van der Waals surface area (Å²) in [5.74, 6) is -1.50. The predicted octanol–water partition coefficient (Wildman–Crippen LogP) is 3.61. The summed E-state index contributed by atoms with van der Waals surface area (Å²) in [6.45, 7) is 6.51. The topological polar surface area (TPSA) is 97.4 Å². The van der Waals surface area contributed by atoms with Crippen molar-refractivity contribution in [1.29, 1.82) is 0 Å². The lowest BCUT2D eigenvalue weighted by molar-refractivity contribution is 0.0665. The SMILES string of the molecule is CCCn1nc(C)c(C(=O)Nc2ccc3oc(C(=O)O)cc3c2)c1C. The first-order chi connectivity index (χ1) is 11.9. The summed E-state index contributed by atoms with van der Waals surface area (Å²) in [6.07, 6.45) is 0.937. The zero-order valence-electron chi connectivity index (χ0n) is 14.3. The van der Waals surface area contributed by atoms with Gasteiger partial charge in [-0.15, -0.1) is 0 Å². The highest BCUT2D eigenvalue weighted by Gasteiger charge is 2.19. The molecule has 1 amide bonds. The number of carboxylic acids is 1. The minimum absolute atomic E-state index is 0.133. The highest BCUT2D eigenvalue weighted by molar-refractivity contribution is 6.06. The number of aromatic nitrogens is 2. The van der Waals surface area contributed by atoms with E-state index in [9.17, 15) is 9.59 Å². The molecule has 0 aliphatic carbocycles. The van der Waals surface area contributed by atoms with Gasteiger partial charge < -0.3 is 14.8 Å². The molecule has 0 fully saturated rings. The number of benzene rings is 1. The van der Waals surface area contributed by atoms with Crippen molar-refractivity contribution in [2.24, 2.45) is 0 Å². The molecule has 2 N–H and O–H groups in total. The molecule has 3 aromatic rings. The minimum Gasteiger partial charge on any atom is -0.475 e. The fourth-order valence-corrected chi connectivity index (χ4v) is 2.88. The molecule has 0 aliphatic rings. The third kappa shape index (κ3) is 3.13. The maximum absolute atomic E-state index is 12.6. The normalized spacial score (nSPS) is 11.0. The van der Waals surface area contributed by atoms with Crippen molar-refractivity contribution in [2.45, 2.75) is 33.7 Å². The van der Waals surface area contributed by atoms with E-state index in [1.165, 1.54) is 6.07 Å². The number of amides is 1. The molecular weight excluding hydrogens is 322 g/mol. The van der Waals surface area contributed by atoms with Gasteiger partial charge in [0, 0.05) is 23.3 Å². The van der Waals surface area contributed by atoms with Crippen LogP contribution < -0.4 is 5.32 Å². The van der Waals surface area contributed by atoms with E-state index in [1.807, 2.05) is 18.5 Å². The summed E-state index contributed by atoms with van der Waals surface area (Å²) in [6, 6.07) is 6.43. The minimum atomic E-state index is -1.13. The van der Waals surface area contributed by atoms with Crippen molar-refractivity contribution in [1.82, 2.24) is 9.78 Å². The van der Waals surface area contributed by atoms with E-state index in [-0.39, 0.29) is 11.7 Å². The van der Waals surface area contributed by atoms with E-state index >= 15 is 0 Å². The zero-order chi connectivity index (χ0) is 18.1. The molecule has 25 heavy (non-hydrogen) atoms. The average Bonchev–Trinajstić information content (AvgIpc) is 3.09. The molecule has 2 heterocycles. The highest BCUT2D eigenvalue weighted by atomic mass is 16.4. The van der Waals surface area contributed by atoms with Gasteiger partial charge in [0.05, 0.1) is 11.3 Å². The Morgan fingerprint density at radius 3 is 2.72 bits per heavy atom. The Hall–Kier alpha value is -3.09. The molecule has 130 valence electrons. The maximum Gasteiger partial charge on any atom is 0.371 e. The maximum atomic E-state index is 12.6. The molecule has 2 aromatic heterocycles. The van der Waals surface area contributed by atoms with Crippen molar-refractivity contribution in [3.63, 3.8) is 0 Å². The smallest absolute Gasteiger partial charge is 0.371 e. The lowest BCUT2D eigenvalue weighted by atomic mass is 10.1. The van der Waals surface area contributed by atoms with Gasteiger partial charge in [-0.25, -0.2) is 4.79 Å². The quantitative estimate of drug-likeness (QED) is 0.739. The number of nitrogens with zero attached hydrogens (tertiary/aromatic N) is 2. The van der Waals surface area contributed by atoms with Crippen LogP contribution in [0, 0.1) is 13.8 Å². The lowest BCUT2D eigenvalue weighted by Crippen LogP contribution is -2.14. The molecule has 0 radical (unpaired) electrons. The Labute approximate surface area is 144 Å². The van der Waals surface area contributed by atoms with Crippen LogP contribution in [0.2, 0.25) is 0 Å². The fraction of sp³-hybridized carbons (Fsp3) is 0.278. The summed E-state index contributed by atoms with van der Waals surface area (Å²) in [5, 5.41) is 16.9. The van der Waals surface area contributed by atoms with E-state index in [0.29, 0.717) is 27.9 Å². The zero-order valence-corrected chi connectivity index (χ0v) is 14.3. The van der Waals surface area contributed by atoms with Gasteiger partial charge >= 0.3 is 5.97 Å². The molecule has 0 bridgehead atoms. The number of hydrogen-bond acceptors (Lipinski definition) is 4. The molecule has 0 atom stereocenters. The van der Waals surface area contributed by atoms with Crippen molar-refractivity contribution in [2.75, 3.05) is 5.32 Å². The van der Waals surface area contributed by atoms with E-state index in [4.69, 9.17) is 9.52 Å². The van der Waals surface area contributed by atoms with E-state index < -0.39 is 5.97 Å². The van der Waals surface area contributed by atoms with Crippen LogP contribution >= 0.6 is 0 Å². The Bertz CT molecular complexity index is 968. The van der Waals surface area contributed by atoms with Crippen LogP contribution in [0.25, 0.3) is 11.0 Å². The molecule has 7 nitrogen and oxygen atoms in total. The molecular formula is C18H19N3O4. The third-order valence-electron chi connectivity index (χ3n) is 4.03. The first-order valence-electron chi connectivity index (χ1n) is 8.03. The molecule has 0 unspecified atom stereocenters. The fourth-order valence-electron chi connectivity index (χ4n) is 2.88. The lowest BCUT2D eigenvalue weighted by Gasteiger charge is -2.06. The summed E-state index contributed by atoms with van der Waals surface area (Å²) in [5.41, 5.74) is 3.10. The molecule has 7 heteroatoms. The van der Waals surface area contributed by atoms with E-state index in [0.717, 1.165) is 18.7 Å². The number of carbonyl (C=O) groups is 2. The number of carboxylic acid groups (broad SMARTS) is 1. The molecule has 0 saturated carbocycles. The third-order valence-corrected chi connectivity index (χ3v) is 4.03. The number of carbonyl (C=O) groups excluding carboxylic acids is 1. The monoisotopic (exact) mass is 341 g/mol. The average molecular weight is 341 g/mol. The van der Waals surface area contributed by atoms with Gasteiger partial charge in [0.15, 0.2) is 0 Å². The van der Waals surface area contributed by atoms with Crippen LogP contribution in [0.15, 0.2) is 28.7 Å². The van der Waals surface area contributed by atoms with Crippen LogP contribution in [0.3, 0.4) is 0 Å². The van der Waals surface area contributed by atoms with Gasteiger partial charge in [-0.3, -0.25) is 9.48 Å². The Kier molecular flexibility index (Phi) is 4.31. The van der Waals surface area contributed by atoms with Gasteiger partial charge in [-0.1, -0.05) is 6.92 Å². The van der Waals surface area contributed by atoms with Crippen LogP contribution in [0.4, 0.5) is 5.69 Å². The second kappa shape index (κ2) is 6.43. The van der Waals surface area contributed by atoms with Crippen LogP contribution in [-0.4, -0.2) is 26.8 Å². The summed E-state index contributed by atoms with van der Waals surface area (Å²) in [7, 11) is 0. The Morgan fingerprint density at radius 1 is 1.28 bits per heavy atom. The van der Waals surface area contributed by atoms with E-state index in [2.05, 4.69) is 17.3 Å². The summed E-state index contributed by atoms with van der Waals surface area (Å²) < 4.78 is 7.05. The number of rotatable bonds is 5. The van der Waals surface area contributed by atoms with Crippen LogP contribution in [-0.2, 0) is 6.54 Å². The second-order valence-corrected chi connectivity index (χ2v) is 5.89. The van der Waals surface area contributed by atoms with E-state index in [1.54, 1.807) is 18.2 Å². The first kappa shape index (κ1) is 16.8. The van der Waals surface area contributed by atoms with Gasteiger partial charge in [-0.05, 0) is 44.5 Å². The van der Waals surface area contributed by atoms with Crippen molar-refractivity contribution >= 4 is 28.5 Å². The molecule has 3 rings (SSSR count). The molecule has 0 spiro atoms. The van der Waals surface area contributed by atoms with Crippen LogP contribution in [0.1, 0.15) is 45.6 Å². The van der Waals surface area contributed by atoms with Gasteiger partial charge in [0.1, 0.15) is 5.58 Å². The Morgan fingerprint density at radius 2 is 2.04 bits per heavy atom. The van der Waals surface area contributed by atoms with Gasteiger partial charge in [0.25, 0.3) is 5.91 Å². The van der Waals surface area contributed by atoms with Crippen molar-refractivity contribution in [3.8, 4) is 0 Å². The molecule has 1 aromatic carbocycles. The second-order valence-electron chi connectivity index (χ2n) is 5.89. The molecule has 0 saturated heterocycles. The first-order valence-corrected chi connectivity index (χ1v) is 8.03. The number of furan rings is 1. The van der Waals surface area contributed by atoms with Gasteiger partial charge in [-0.2, -0.15) is 5.10 Å². The predicted molar refractivity (Wildman–Crippen MR) is 93.1 cm³/mol. The number of aryl methyl sites for hydroxylation is 2. The number of anilines is 1. The molecule has 0 aliphatic heterocycles. The number of nitrogens with one attached hydrogen (secondary N) is 1.